The van der Waals surface area contributed by atoms with Crippen LogP contribution in [0.25, 0.3) is 0 Å². The minimum absolute atomic E-state index is 0.0751. The van der Waals surface area contributed by atoms with Gasteiger partial charge in [-0.05, 0) is 25.0 Å². The second-order valence-corrected chi connectivity index (χ2v) is 6.56. The average molecular weight is 382 g/mol. The van der Waals surface area contributed by atoms with E-state index in [0.29, 0.717) is 12.8 Å². The van der Waals surface area contributed by atoms with Gasteiger partial charge in [0.2, 0.25) is 0 Å². The highest BCUT2D eigenvalue weighted by atomic mass is 16.5. The average Bonchev–Trinajstić information content (AvgIpc) is 2.64. The van der Waals surface area contributed by atoms with Gasteiger partial charge in [0.1, 0.15) is 0 Å². The molecule has 0 aliphatic rings. The molecule has 1 aromatic heterocycles. The summed E-state index contributed by atoms with van der Waals surface area (Å²) in [5, 5.41) is 8.27. The van der Waals surface area contributed by atoms with Crippen molar-refractivity contribution in [2.75, 3.05) is 0 Å². The van der Waals surface area contributed by atoms with Crippen molar-refractivity contribution >= 4 is 11.9 Å². The van der Waals surface area contributed by atoms with Crippen LogP contribution in [0, 0.1) is 0 Å². The van der Waals surface area contributed by atoms with Crippen LogP contribution in [0.1, 0.15) is 90.9 Å². The molecule has 0 fully saturated rings. The zero-order chi connectivity index (χ0) is 20.3. The molecule has 1 aromatic rings. The largest absolute Gasteiger partial charge is 0.481 e. The van der Waals surface area contributed by atoms with Gasteiger partial charge >= 0.3 is 11.9 Å². The number of aliphatic carboxylic acids is 1. The molecule has 0 amide bonds. The number of rotatable bonds is 13. The van der Waals surface area contributed by atoms with Gasteiger partial charge in [0.15, 0.2) is 5.75 Å². The van der Waals surface area contributed by atoms with Crippen molar-refractivity contribution < 1.29 is 19.4 Å². The zero-order valence-electron chi connectivity index (χ0n) is 16.8. The lowest BCUT2D eigenvalue weighted by Gasteiger charge is -2.02. The Morgan fingerprint density at radius 1 is 0.926 bits per heavy atom. The monoisotopic (exact) mass is 381 g/mol. The maximum absolute atomic E-state index is 11.4. The molecule has 0 spiro atoms. The molecule has 6 nitrogen and oxygen atoms in total. The molecular formula is C21H35NO5. The minimum atomic E-state index is -0.670. The van der Waals surface area contributed by atoms with Gasteiger partial charge in [-0.25, -0.2) is 0 Å². The van der Waals surface area contributed by atoms with E-state index >= 15 is 0 Å². The van der Waals surface area contributed by atoms with Crippen LogP contribution in [0.15, 0.2) is 23.1 Å². The molecule has 154 valence electrons. The summed E-state index contributed by atoms with van der Waals surface area (Å²) < 4.78 is 4.97. The van der Waals surface area contributed by atoms with Gasteiger partial charge in [0.25, 0.3) is 5.56 Å². The van der Waals surface area contributed by atoms with E-state index in [-0.39, 0.29) is 17.3 Å². The SMILES string of the molecule is CCCCCCCC(=O)O.CCCCCCCC(=O)Oc1ccc[nH]c1=O. The predicted octanol–water partition coefficient (Wildman–Crippen LogP) is 5.07. The fourth-order valence-corrected chi connectivity index (χ4v) is 2.41. The lowest BCUT2D eigenvalue weighted by Crippen LogP contribution is -2.15. The van der Waals surface area contributed by atoms with Crippen molar-refractivity contribution in [3.8, 4) is 5.75 Å². The van der Waals surface area contributed by atoms with Crippen LogP contribution in [0.2, 0.25) is 0 Å². The number of carbonyl (C=O) groups is 2. The van der Waals surface area contributed by atoms with Crippen LogP contribution < -0.4 is 10.3 Å². The van der Waals surface area contributed by atoms with Crippen LogP contribution in [0.5, 0.6) is 5.75 Å². The number of carboxylic acids is 1. The third kappa shape index (κ3) is 15.8. The molecule has 0 bridgehead atoms. The van der Waals surface area contributed by atoms with Gasteiger partial charge in [-0.15, -0.1) is 0 Å². The highest BCUT2D eigenvalue weighted by molar-refractivity contribution is 5.72. The lowest BCUT2D eigenvalue weighted by atomic mass is 10.1. The quantitative estimate of drug-likeness (QED) is 0.367. The number of hydrogen-bond donors (Lipinski definition) is 2. The van der Waals surface area contributed by atoms with Gasteiger partial charge in [-0.1, -0.05) is 65.2 Å². The van der Waals surface area contributed by atoms with Crippen molar-refractivity contribution in [2.24, 2.45) is 0 Å². The van der Waals surface area contributed by atoms with E-state index in [4.69, 9.17) is 9.84 Å². The Balaban J connectivity index is 0.000000580. The normalized spacial score (nSPS) is 10.0. The Bertz CT molecular complexity index is 568. The molecule has 6 heteroatoms. The Morgan fingerprint density at radius 2 is 1.48 bits per heavy atom. The molecule has 0 aromatic carbocycles. The zero-order valence-corrected chi connectivity index (χ0v) is 16.8. The summed E-state index contributed by atoms with van der Waals surface area (Å²) in [5.41, 5.74) is -0.369. The first-order valence-electron chi connectivity index (χ1n) is 10.1. The maximum Gasteiger partial charge on any atom is 0.311 e. The molecule has 0 saturated heterocycles. The van der Waals surface area contributed by atoms with Gasteiger partial charge in [-0.3, -0.25) is 14.4 Å². The van der Waals surface area contributed by atoms with Crippen LogP contribution in [-0.2, 0) is 9.59 Å². The van der Waals surface area contributed by atoms with Crippen LogP contribution in [0.3, 0.4) is 0 Å². The fourth-order valence-electron chi connectivity index (χ4n) is 2.41. The number of aromatic amines is 1. The Morgan fingerprint density at radius 3 is 2.00 bits per heavy atom. The van der Waals surface area contributed by atoms with Gasteiger partial charge in [-0.2, -0.15) is 0 Å². The number of nitrogens with one attached hydrogen (secondary N) is 1. The molecule has 0 aliphatic heterocycles. The second-order valence-electron chi connectivity index (χ2n) is 6.56. The first-order chi connectivity index (χ1) is 13.0. The summed E-state index contributed by atoms with van der Waals surface area (Å²) in [7, 11) is 0. The number of carboxylic acid groups (broad SMARTS) is 1. The van der Waals surface area contributed by atoms with E-state index in [9.17, 15) is 14.4 Å². The summed E-state index contributed by atoms with van der Waals surface area (Å²) in [4.78, 5) is 35.1. The number of ether oxygens (including phenoxy) is 1. The first kappa shape index (κ1) is 24.9. The van der Waals surface area contributed by atoms with E-state index in [0.717, 1.165) is 32.1 Å². The summed E-state index contributed by atoms with van der Waals surface area (Å²) in [5.74, 6) is -0.930. The van der Waals surface area contributed by atoms with Crippen molar-refractivity contribution in [3.63, 3.8) is 0 Å². The number of esters is 1. The van der Waals surface area contributed by atoms with E-state index in [1.54, 1.807) is 6.07 Å². The van der Waals surface area contributed by atoms with Gasteiger partial charge in [0, 0.05) is 19.0 Å². The molecular weight excluding hydrogens is 346 g/mol. The molecule has 27 heavy (non-hydrogen) atoms. The van der Waals surface area contributed by atoms with Crippen LogP contribution in [0.4, 0.5) is 0 Å². The molecule has 0 unspecified atom stereocenters. The van der Waals surface area contributed by atoms with E-state index < -0.39 is 5.97 Å². The van der Waals surface area contributed by atoms with E-state index in [1.807, 2.05) is 0 Å². The Hall–Kier alpha value is -2.11. The second kappa shape index (κ2) is 17.3. The van der Waals surface area contributed by atoms with E-state index in [1.165, 1.54) is 44.4 Å². The summed E-state index contributed by atoms with van der Waals surface area (Å²) in [6.45, 7) is 4.30. The predicted molar refractivity (Wildman–Crippen MR) is 107 cm³/mol. The highest BCUT2D eigenvalue weighted by Gasteiger charge is 2.06. The van der Waals surface area contributed by atoms with Crippen LogP contribution >= 0.6 is 0 Å². The third-order valence-corrected chi connectivity index (χ3v) is 3.98. The van der Waals surface area contributed by atoms with Crippen molar-refractivity contribution in [3.05, 3.63) is 28.7 Å². The summed E-state index contributed by atoms with van der Waals surface area (Å²) in [6.07, 6.45) is 13.2. The number of hydrogen-bond acceptors (Lipinski definition) is 4. The number of unbranched alkanes of at least 4 members (excludes halogenated alkanes) is 8. The standard InChI is InChI=1S/C13H19NO3.C8H16O2/c1-2-3-4-5-6-9-12(15)17-11-8-7-10-14-13(11)16;1-2-3-4-5-6-7-8(9)10/h7-8,10H,2-6,9H2,1H3,(H,14,16);2-7H2,1H3,(H,9,10). The Labute approximate surface area is 162 Å². The molecule has 0 radical (unpaired) electrons. The topological polar surface area (TPSA) is 96.5 Å². The molecule has 1 rings (SSSR count). The first-order valence-corrected chi connectivity index (χ1v) is 10.1. The smallest absolute Gasteiger partial charge is 0.311 e. The maximum atomic E-state index is 11.4. The molecule has 2 N–H and O–H groups in total. The molecule has 0 atom stereocenters. The number of aromatic nitrogens is 1. The van der Waals surface area contributed by atoms with Crippen molar-refractivity contribution in [1.29, 1.82) is 0 Å². The highest BCUT2D eigenvalue weighted by Crippen LogP contribution is 2.07. The van der Waals surface area contributed by atoms with Gasteiger partial charge < -0.3 is 14.8 Å². The van der Waals surface area contributed by atoms with E-state index in [2.05, 4.69) is 18.8 Å². The summed E-state index contributed by atoms with van der Waals surface area (Å²) >= 11 is 0. The molecule has 1 heterocycles. The van der Waals surface area contributed by atoms with Crippen molar-refractivity contribution in [2.45, 2.75) is 90.9 Å². The third-order valence-electron chi connectivity index (χ3n) is 3.98. The number of carbonyl (C=O) groups excluding carboxylic acids is 1. The van der Waals surface area contributed by atoms with Gasteiger partial charge in [0.05, 0.1) is 0 Å². The molecule has 0 aliphatic carbocycles. The summed E-state index contributed by atoms with van der Waals surface area (Å²) in [6, 6.07) is 3.12. The number of pyridine rings is 1. The fraction of sp³-hybridized carbons (Fsp3) is 0.667. The van der Waals surface area contributed by atoms with Crippen molar-refractivity contribution in [1.82, 2.24) is 4.98 Å². The molecule has 0 saturated carbocycles. The number of H-pyrrole nitrogens is 1. The van der Waals surface area contributed by atoms with Crippen LogP contribution in [-0.4, -0.2) is 22.0 Å². The Kier molecular flexibility index (Phi) is 16.0. The lowest BCUT2D eigenvalue weighted by molar-refractivity contribution is -0.137. The minimum Gasteiger partial charge on any atom is -0.481 e.